The lowest BCUT2D eigenvalue weighted by Gasteiger charge is -2.26. The Morgan fingerprint density at radius 2 is 2.11 bits per heavy atom. The van der Waals surface area contributed by atoms with Crippen LogP contribution in [0.5, 0.6) is 0 Å². The molecule has 1 aromatic heterocycles. The maximum Gasteiger partial charge on any atom is 0.0747 e. The summed E-state index contributed by atoms with van der Waals surface area (Å²) in [5, 5.41) is 1.82. The summed E-state index contributed by atoms with van der Waals surface area (Å²) in [7, 11) is -0.634. The van der Waals surface area contributed by atoms with E-state index in [1.165, 1.54) is 0 Å². The molecule has 0 atom stereocenters. The topological polar surface area (TPSA) is 33.2 Å². The molecule has 1 aliphatic rings. The molecule has 0 bridgehead atoms. The molecule has 1 saturated heterocycles. The van der Waals surface area contributed by atoms with Gasteiger partial charge in [-0.1, -0.05) is 17.7 Å². The van der Waals surface area contributed by atoms with E-state index in [4.69, 9.17) is 11.6 Å². The summed E-state index contributed by atoms with van der Waals surface area (Å²) < 4.78 is 11.4. The van der Waals surface area contributed by atoms with Gasteiger partial charge in [0.15, 0.2) is 0 Å². The van der Waals surface area contributed by atoms with Gasteiger partial charge in [0.05, 0.1) is 5.52 Å². The first-order valence-electron chi connectivity index (χ1n) is 6.33. The number of hydrogen-bond acceptors (Lipinski definition) is 3. The number of rotatable bonds is 2. The van der Waals surface area contributed by atoms with Crippen molar-refractivity contribution in [1.29, 1.82) is 0 Å². The molecule has 1 fully saturated rings. The van der Waals surface area contributed by atoms with Crippen molar-refractivity contribution in [2.45, 2.75) is 6.54 Å². The van der Waals surface area contributed by atoms with Crippen molar-refractivity contribution in [3.63, 3.8) is 0 Å². The second kappa shape index (κ2) is 5.57. The van der Waals surface area contributed by atoms with E-state index in [1.807, 2.05) is 30.5 Å². The molecule has 2 aromatic rings. The number of aromatic nitrogens is 1. The quantitative estimate of drug-likeness (QED) is 0.853. The third kappa shape index (κ3) is 2.96. The van der Waals surface area contributed by atoms with Crippen molar-refractivity contribution in [1.82, 2.24) is 9.88 Å². The molecule has 3 rings (SSSR count). The average Bonchev–Trinajstić information content (AvgIpc) is 2.41. The van der Waals surface area contributed by atoms with Gasteiger partial charge in [0.25, 0.3) is 0 Å². The fourth-order valence-corrected chi connectivity index (χ4v) is 3.80. The molecule has 100 valence electrons. The average molecular weight is 295 g/mol. The zero-order chi connectivity index (χ0) is 13.2. The predicted octanol–water partition coefficient (Wildman–Crippen LogP) is 2.45. The van der Waals surface area contributed by atoms with Gasteiger partial charge in [0, 0.05) is 58.5 Å². The second-order valence-corrected chi connectivity index (χ2v) is 6.90. The largest absolute Gasteiger partial charge is 0.297 e. The highest BCUT2D eigenvalue weighted by atomic mass is 35.5. The SMILES string of the molecule is O=S1CCN(Cc2cc(Cl)cc3cccnc23)CC1. The number of fused-ring (bicyclic) bond motifs is 1. The molecular weight excluding hydrogens is 280 g/mol. The van der Waals surface area contributed by atoms with Crippen molar-refractivity contribution in [3.05, 3.63) is 41.0 Å². The molecule has 5 heteroatoms. The smallest absolute Gasteiger partial charge is 0.0747 e. The summed E-state index contributed by atoms with van der Waals surface area (Å²) in [4.78, 5) is 6.78. The van der Waals surface area contributed by atoms with Gasteiger partial charge in [0.2, 0.25) is 0 Å². The third-order valence-electron chi connectivity index (χ3n) is 3.41. The van der Waals surface area contributed by atoms with Crippen molar-refractivity contribution in [3.8, 4) is 0 Å². The lowest BCUT2D eigenvalue weighted by atomic mass is 10.1. The molecule has 0 spiro atoms. The van der Waals surface area contributed by atoms with Crippen LogP contribution < -0.4 is 0 Å². The lowest BCUT2D eigenvalue weighted by molar-refractivity contribution is 0.292. The molecule has 0 radical (unpaired) electrons. The summed E-state index contributed by atoms with van der Waals surface area (Å²) in [6.45, 7) is 2.59. The molecule has 0 amide bonds. The van der Waals surface area contributed by atoms with Crippen LogP contribution in [0.4, 0.5) is 0 Å². The Labute approximate surface area is 120 Å². The summed E-state index contributed by atoms with van der Waals surface area (Å²) in [6, 6.07) is 7.89. The molecule has 1 aromatic carbocycles. The van der Waals surface area contributed by atoms with Crippen LogP contribution in [0.2, 0.25) is 5.02 Å². The van der Waals surface area contributed by atoms with Gasteiger partial charge in [-0.3, -0.25) is 14.1 Å². The monoisotopic (exact) mass is 294 g/mol. The van der Waals surface area contributed by atoms with Gasteiger partial charge in [-0.2, -0.15) is 0 Å². The van der Waals surface area contributed by atoms with Gasteiger partial charge in [-0.15, -0.1) is 0 Å². The molecule has 0 unspecified atom stereocenters. The van der Waals surface area contributed by atoms with E-state index < -0.39 is 10.8 Å². The van der Waals surface area contributed by atoms with Crippen LogP contribution in [-0.4, -0.2) is 38.7 Å². The van der Waals surface area contributed by atoms with Crippen LogP contribution >= 0.6 is 11.6 Å². The van der Waals surface area contributed by atoms with E-state index in [9.17, 15) is 4.21 Å². The first-order chi connectivity index (χ1) is 9.22. The van der Waals surface area contributed by atoms with Crippen LogP contribution in [-0.2, 0) is 17.3 Å². The van der Waals surface area contributed by atoms with Crippen molar-refractivity contribution >= 4 is 33.3 Å². The molecule has 0 aliphatic carbocycles. The third-order valence-corrected chi connectivity index (χ3v) is 4.91. The van der Waals surface area contributed by atoms with Crippen molar-refractivity contribution in [2.75, 3.05) is 24.6 Å². The van der Waals surface area contributed by atoms with E-state index in [1.54, 1.807) is 0 Å². The van der Waals surface area contributed by atoms with Crippen LogP contribution in [0.1, 0.15) is 5.56 Å². The highest BCUT2D eigenvalue weighted by Crippen LogP contribution is 2.23. The molecule has 0 N–H and O–H groups in total. The Bertz CT molecular complexity index is 622. The van der Waals surface area contributed by atoms with Gasteiger partial charge < -0.3 is 0 Å². The van der Waals surface area contributed by atoms with E-state index in [2.05, 4.69) is 9.88 Å². The van der Waals surface area contributed by atoms with Gasteiger partial charge in [-0.25, -0.2) is 0 Å². The number of nitrogens with zero attached hydrogens (tertiary/aromatic N) is 2. The minimum atomic E-state index is -0.634. The Hall–Kier alpha value is -0.970. The highest BCUT2D eigenvalue weighted by molar-refractivity contribution is 7.85. The van der Waals surface area contributed by atoms with Crippen LogP contribution in [0.15, 0.2) is 30.5 Å². The van der Waals surface area contributed by atoms with Crippen LogP contribution in [0, 0.1) is 0 Å². The number of halogens is 1. The van der Waals surface area contributed by atoms with Gasteiger partial charge in [0.1, 0.15) is 0 Å². The molecule has 3 nitrogen and oxygen atoms in total. The number of benzene rings is 1. The maximum absolute atomic E-state index is 11.4. The highest BCUT2D eigenvalue weighted by Gasteiger charge is 2.16. The minimum absolute atomic E-state index is 0.634. The fourth-order valence-electron chi connectivity index (χ4n) is 2.42. The molecular formula is C14H15ClN2OS. The van der Waals surface area contributed by atoms with Crippen molar-refractivity contribution in [2.24, 2.45) is 0 Å². The zero-order valence-electron chi connectivity index (χ0n) is 10.5. The second-order valence-electron chi connectivity index (χ2n) is 4.76. The Kier molecular flexibility index (Phi) is 3.82. The normalized spacial score (nSPS) is 17.9. The fraction of sp³-hybridized carbons (Fsp3) is 0.357. The number of hydrogen-bond donors (Lipinski definition) is 0. The van der Waals surface area contributed by atoms with E-state index in [-0.39, 0.29) is 0 Å². The summed E-state index contributed by atoms with van der Waals surface area (Å²) >= 11 is 6.17. The first-order valence-corrected chi connectivity index (χ1v) is 8.19. The van der Waals surface area contributed by atoms with Gasteiger partial charge in [-0.05, 0) is 23.8 Å². The van der Waals surface area contributed by atoms with Crippen LogP contribution in [0.3, 0.4) is 0 Å². The van der Waals surface area contributed by atoms with E-state index >= 15 is 0 Å². The van der Waals surface area contributed by atoms with Crippen LogP contribution in [0.25, 0.3) is 10.9 Å². The molecule has 2 heterocycles. The first kappa shape index (κ1) is 13.0. The lowest BCUT2D eigenvalue weighted by Crippen LogP contribution is -2.37. The number of pyridine rings is 1. The summed E-state index contributed by atoms with van der Waals surface area (Å²) in [5.41, 5.74) is 2.16. The Morgan fingerprint density at radius 3 is 2.89 bits per heavy atom. The Balaban J connectivity index is 1.89. The Morgan fingerprint density at radius 1 is 1.32 bits per heavy atom. The predicted molar refractivity (Wildman–Crippen MR) is 79.9 cm³/mol. The maximum atomic E-state index is 11.4. The molecule has 19 heavy (non-hydrogen) atoms. The minimum Gasteiger partial charge on any atom is -0.297 e. The van der Waals surface area contributed by atoms with E-state index in [0.717, 1.165) is 52.6 Å². The summed E-state index contributed by atoms with van der Waals surface area (Å²) in [5.74, 6) is 1.54. The summed E-state index contributed by atoms with van der Waals surface area (Å²) in [6.07, 6.45) is 1.81. The van der Waals surface area contributed by atoms with Crippen molar-refractivity contribution < 1.29 is 4.21 Å². The standard InChI is InChI=1S/C14H15ClN2OS/c15-13-8-11-2-1-3-16-14(11)12(9-13)10-17-4-6-19(18)7-5-17/h1-3,8-9H,4-7,10H2. The molecule has 1 aliphatic heterocycles. The van der Waals surface area contributed by atoms with Gasteiger partial charge >= 0.3 is 0 Å². The molecule has 0 saturated carbocycles. The van der Waals surface area contributed by atoms with E-state index in [0.29, 0.717) is 0 Å². The zero-order valence-corrected chi connectivity index (χ0v) is 12.1.